The van der Waals surface area contributed by atoms with E-state index in [2.05, 4.69) is 25.7 Å². The number of fused-ring (bicyclic) bond motifs is 1. The minimum absolute atomic E-state index is 0. The quantitative estimate of drug-likeness (QED) is 0.284. The first-order chi connectivity index (χ1) is 12.1. The average Bonchev–Trinajstić information content (AvgIpc) is 3.14. The Morgan fingerprint density at radius 2 is 1.81 bits per heavy atom. The summed E-state index contributed by atoms with van der Waals surface area (Å²) in [6.45, 7) is 1.12. The standard InChI is InChI=1S/C16H19N7O2.HI/c1-17-16(19-9-13-20-10-21-22(13)2)18-7-8-23-14(24)11-5-3-4-6-12(11)15(23)25;/h3-6,10H,7-9H2,1-2H3,(H2,17,18,19);1H. The van der Waals surface area contributed by atoms with Gasteiger partial charge in [-0.3, -0.25) is 24.2 Å². The molecular weight excluding hydrogens is 449 g/mol. The van der Waals surface area contributed by atoms with Gasteiger partial charge in [-0.1, -0.05) is 12.1 Å². The number of amides is 2. The molecule has 1 aliphatic rings. The maximum atomic E-state index is 12.3. The summed E-state index contributed by atoms with van der Waals surface area (Å²) in [5.74, 6) is 0.803. The number of guanidine groups is 1. The fourth-order valence-corrected chi connectivity index (χ4v) is 2.59. The molecule has 0 saturated heterocycles. The fourth-order valence-electron chi connectivity index (χ4n) is 2.59. The summed E-state index contributed by atoms with van der Waals surface area (Å²) in [5, 5.41) is 10.2. The van der Waals surface area contributed by atoms with Gasteiger partial charge < -0.3 is 10.6 Å². The molecule has 0 aliphatic carbocycles. The van der Waals surface area contributed by atoms with Gasteiger partial charge in [-0.15, -0.1) is 24.0 Å². The van der Waals surface area contributed by atoms with Gasteiger partial charge in [-0.05, 0) is 12.1 Å². The van der Waals surface area contributed by atoms with E-state index in [1.807, 2.05) is 7.05 Å². The van der Waals surface area contributed by atoms with Crippen LogP contribution in [-0.4, -0.2) is 57.6 Å². The minimum Gasteiger partial charge on any atom is -0.355 e. The summed E-state index contributed by atoms with van der Waals surface area (Å²) in [5.41, 5.74) is 0.912. The van der Waals surface area contributed by atoms with Gasteiger partial charge in [0.25, 0.3) is 11.8 Å². The summed E-state index contributed by atoms with van der Waals surface area (Å²) in [4.78, 5) is 34.0. The van der Waals surface area contributed by atoms with Crippen molar-refractivity contribution in [2.75, 3.05) is 20.1 Å². The second kappa shape index (κ2) is 8.74. The number of aryl methyl sites for hydroxylation is 1. The van der Waals surface area contributed by atoms with Gasteiger partial charge in [0.05, 0.1) is 17.7 Å². The van der Waals surface area contributed by atoms with Gasteiger partial charge >= 0.3 is 0 Å². The number of carbonyl (C=O) groups is 2. The number of imide groups is 1. The fraction of sp³-hybridized carbons (Fsp3) is 0.312. The molecule has 0 spiro atoms. The first kappa shape index (κ1) is 19.8. The van der Waals surface area contributed by atoms with Crippen LogP contribution in [0.25, 0.3) is 0 Å². The highest BCUT2D eigenvalue weighted by Gasteiger charge is 2.34. The van der Waals surface area contributed by atoms with Gasteiger partial charge in [0.2, 0.25) is 0 Å². The zero-order chi connectivity index (χ0) is 17.8. The third kappa shape index (κ3) is 4.00. The number of nitrogens with zero attached hydrogens (tertiary/aromatic N) is 5. The molecular formula is C16H20IN7O2. The number of aliphatic imine (C=N–C) groups is 1. The van der Waals surface area contributed by atoms with E-state index in [1.165, 1.54) is 11.2 Å². The van der Waals surface area contributed by atoms with E-state index in [0.29, 0.717) is 30.2 Å². The number of nitrogens with one attached hydrogen (secondary N) is 2. The topological polar surface area (TPSA) is 105 Å². The Morgan fingerprint density at radius 3 is 2.35 bits per heavy atom. The molecule has 9 nitrogen and oxygen atoms in total. The average molecular weight is 469 g/mol. The lowest BCUT2D eigenvalue weighted by Crippen LogP contribution is -2.42. The number of benzene rings is 1. The zero-order valence-corrected chi connectivity index (χ0v) is 16.8. The van der Waals surface area contributed by atoms with Crippen LogP contribution in [0.2, 0.25) is 0 Å². The van der Waals surface area contributed by atoms with Crippen molar-refractivity contribution in [3.63, 3.8) is 0 Å². The number of hydrogen-bond acceptors (Lipinski definition) is 5. The zero-order valence-electron chi connectivity index (χ0n) is 14.5. The highest BCUT2D eigenvalue weighted by Crippen LogP contribution is 2.21. The molecule has 2 amide bonds. The van der Waals surface area contributed by atoms with E-state index >= 15 is 0 Å². The van der Waals surface area contributed by atoms with Gasteiger partial charge in [0.15, 0.2) is 5.96 Å². The van der Waals surface area contributed by atoms with Crippen LogP contribution in [0.1, 0.15) is 26.5 Å². The van der Waals surface area contributed by atoms with Crippen molar-refractivity contribution in [1.29, 1.82) is 0 Å². The lowest BCUT2D eigenvalue weighted by molar-refractivity contribution is 0.0657. The monoisotopic (exact) mass is 469 g/mol. The molecule has 1 aromatic heterocycles. The van der Waals surface area contributed by atoms with Crippen molar-refractivity contribution >= 4 is 41.8 Å². The smallest absolute Gasteiger partial charge is 0.261 e. The Hall–Kier alpha value is -2.50. The van der Waals surface area contributed by atoms with Crippen LogP contribution in [0.5, 0.6) is 0 Å². The van der Waals surface area contributed by atoms with Gasteiger partial charge in [0, 0.05) is 27.2 Å². The first-order valence-electron chi connectivity index (χ1n) is 7.84. The Kier molecular flexibility index (Phi) is 6.66. The molecule has 2 N–H and O–H groups in total. The van der Waals surface area contributed by atoms with E-state index in [0.717, 1.165) is 5.82 Å². The van der Waals surface area contributed by atoms with Crippen molar-refractivity contribution < 1.29 is 9.59 Å². The van der Waals surface area contributed by atoms with E-state index in [9.17, 15) is 9.59 Å². The van der Waals surface area contributed by atoms with Crippen molar-refractivity contribution in [2.24, 2.45) is 12.0 Å². The molecule has 0 fully saturated rings. The van der Waals surface area contributed by atoms with Gasteiger partial charge in [-0.2, -0.15) is 5.10 Å². The molecule has 0 unspecified atom stereocenters. The van der Waals surface area contributed by atoms with Crippen LogP contribution in [0.3, 0.4) is 0 Å². The van der Waals surface area contributed by atoms with Crippen molar-refractivity contribution in [3.8, 4) is 0 Å². The Morgan fingerprint density at radius 1 is 1.15 bits per heavy atom. The van der Waals surface area contributed by atoms with Crippen LogP contribution in [0, 0.1) is 0 Å². The van der Waals surface area contributed by atoms with E-state index in [-0.39, 0.29) is 42.3 Å². The van der Waals surface area contributed by atoms with Crippen molar-refractivity contribution in [2.45, 2.75) is 6.54 Å². The largest absolute Gasteiger partial charge is 0.355 e. The van der Waals surface area contributed by atoms with Crippen LogP contribution in [0.15, 0.2) is 35.6 Å². The van der Waals surface area contributed by atoms with Gasteiger partial charge in [-0.25, -0.2) is 4.98 Å². The molecule has 0 atom stereocenters. The molecule has 1 aliphatic heterocycles. The lowest BCUT2D eigenvalue weighted by Gasteiger charge is -2.16. The number of halogens is 1. The predicted molar refractivity (Wildman–Crippen MR) is 106 cm³/mol. The molecule has 2 heterocycles. The normalized spacial score (nSPS) is 13.5. The van der Waals surface area contributed by atoms with E-state index in [1.54, 1.807) is 36.0 Å². The minimum atomic E-state index is -0.260. The van der Waals surface area contributed by atoms with E-state index < -0.39 is 0 Å². The maximum absolute atomic E-state index is 12.3. The lowest BCUT2D eigenvalue weighted by atomic mass is 10.1. The molecule has 1 aromatic carbocycles. The maximum Gasteiger partial charge on any atom is 0.261 e. The number of hydrogen-bond donors (Lipinski definition) is 2. The highest BCUT2D eigenvalue weighted by molar-refractivity contribution is 14.0. The number of carbonyl (C=O) groups excluding carboxylic acids is 2. The summed E-state index contributed by atoms with van der Waals surface area (Å²) >= 11 is 0. The molecule has 0 saturated carbocycles. The molecule has 3 rings (SSSR count). The molecule has 2 aromatic rings. The highest BCUT2D eigenvalue weighted by atomic mass is 127. The van der Waals surface area contributed by atoms with Crippen LogP contribution < -0.4 is 10.6 Å². The Labute approximate surface area is 167 Å². The molecule has 0 radical (unpaired) electrons. The van der Waals surface area contributed by atoms with E-state index in [4.69, 9.17) is 0 Å². The Balaban J connectivity index is 0.00000243. The number of aromatic nitrogens is 3. The van der Waals surface area contributed by atoms with Crippen LogP contribution in [0.4, 0.5) is 0 Å². The summed E-state index contributed by atoms with van der Waals surface area (Å²) in [6.07, 6.45) is 1.48. The summed E-state index contributed by atoms with van der Waals surface area (Å²) < 4.78 is 1.67. The molecule has 138 valence electrons. The number of rotatable bonds is 5. The van der Waals surface area contributed by atoms with Crippen LogP contribution >= 0.6 is 24.0 Å². The first-order valence-corrected chi connectivity index (χ1v) is 7.84. The predicted octanol–water partition coefficient (Wildman–Crippen LogP) is 0.394. The summed E-state index contributed by atoms with van der Waals surface area (Å²) in [7, 11) is 3.45. The second-order valence-electron chi connectivity index (χ2n) is 5.46. The molecule has 10 heteroatoms. The molecule has 26 heavy (non-hydrogen) atoms. The van der Waals surface area contributed by atoms with Crippen LogP contribution in [-0.2, 0) is 13.6 Å². The Bertz CT molecular complexity index is 799. The van der Waals surface area contributed by atoms with Gasteiger partial charge in [0.1, 0.15) is 12.2 Å². The van der Waals surface area contributed by atoms with Crippen molar-refractivity contribution in [1.82, 2.24) is 30.3 Å². The third-order valence-electron chi connectivity index (χ3n) is 3.95. The van der Waals surface area contributed by atoms with Crippen molar-refractivity contribution in [3.05, 3.63) is 47.5 Å². The second-order valence-corrected chi connectivity index (χ2v) is 5.46. The summed E-state index contributed by atoms with van der Waals surface area (Å²) in [6, 6.07) is 6.85. The third-order valence-corrected chi connectivity index (χ3v) is 3.95. The molecule has 0 bridgehead atoms. The SMILES string of the molecule is CN=C(NCCN1C(=O)c2ccccc2C1=O)NCc1ncnn1C.I.